The van der Waals surface area contributed by atoms with E-state index in [0.717, 1.165) is 45.2 Å². The number of hydrogen-bond donors (Lipinski definition) is 2. The van der Waals surface area contributed by atoms with E-state index in [1.54, 1.807) is 0 Å². The standard InChI is InChI=1S/C19H36N2O2/c1-14(2)12-15(3)13-19(23)20-16-8-10-21(11-9-16)17-6-4-5-7-18(17)22/h14-18,22H,4-13H2,1-3H3,(H,20,23). The smallest absolute Gasteiger partial charge is 0.220 e. The molecule has 0 radical (unpaired) electrons. The molecule has 2 aliphatic rings. The third kappa shape index (κ3) is 6.07. The van der Waals surface area contributed by atoms with Crippen molar-refractivity contribution in [2.75, 3.05) is 13.1 Å². The highest BCUT2D eigenvalue weighted by Gasteiger charge is 2.31. The van der Waals surface area contributed by atoms with Gasteiger partial charge in [0.25, 0.3) is 0 Å². The van der Waals surface area contributed by atoms with Crippen LogP contribution in [-0.4, -0.2) is 47.2 Å². The molecular weight excluding hydrogens is 288 g/mol. The predicted octanol–water partition coefficient (Wildman–Crippen LogP) is 2.94. The van der Waals surface area contributed by atoms with Crippen LogP contribution in [0.3, 0.4) is 0 Å². The second-order valence-electron chi connectivity index (χ2n) is 8.24. The monoisotopic (exact) mass is 324 g/mol. The van der Waals surface area contributed by atoms with Crippen LogP contribution in [0.25, 0.3) is 0 Å². The van der Waals surface area contributed by atoms with E-state index in [9.17, 15) is 9.90 Å². The Morgan fingerprint density at radius 3 is 2.39 bits per heavy atom. The van der Waals surface area contributed by atoms with Gasteiger partial charge in [-0.3, -0.25) is 9.69 Å². The first-order valence-electron chi connectivity index (χ1n) is 9.67. The van der Waals surface area contributed by atoms with E-state index < -0.39 is 0 Å². The maximum atomic E-state index is 12.2. The first-order valence-corrected chi connectivity index (χ1v) is 9.67. The van der Waals surface area contributed by atoms with Crippen molar-refractivity contribution in [3.8, 4) is 0 Å². The van der Waals surface area contributed by atoms with Crippen LogP contribution in [0.2, 0.25) is 0 Å². The van der Waals surface area contributed by atoms with Crippen LogP contribution in [0.4, 0.5) is 0 Å². The number of nitrogens with zero attached hydrogens (tertiary/aromatic N) is 1. The number of carbonyl (C=O) groups is 1. The molecule has 0 aromatic heterocycles. The zero-order valence-electron chi connectivity index (χ0n) is 15.3. The summed E-state index contributed by atoms with van der Waals surface area (Å²) in [5.74, 6) is 1.34. The summed E-state index contributed by atoms with van der Waals surface area (Å²) < 4.78 is 0. The second-order valence-corrected chi connectivity index (χ2v) is 8.24. The summed E-state index contributed by atoms with van der Waals surface area (Å²) >= 11 is 0. The molecule has 0 bridgehead atoms. The SMILES string of the molecule is CC(C)CC(C)CC(=O)NC1CCN(C2CCCCC2O)CC1. The molecule has 1 saturated carbocycles. The summed E-state index contributed by atoms with van der Waals surface area (Å²) in [6.45, 7) is 8.61. The lowest BCUT2D eigenvalue weighted by molar-refractivity contribution is -0.123. The molecule has 3 unspecified atom stereocenters. The Morgan fingerprint density at radius 1 is 1.13 bits per heavy atom. The molecule has 2 fully saturated rings. The third-order valence-corrected chi connectivity index (χ3v) is 5.47. The number of aliphatic hydroxyl groups is 1. The number of rotatable bonds is 6. The van der Waals surface area contributed by atoms with E-state index in [2.05, 4.69) is 31.0 Å². The minimum absolute atomic E-state index is 0.147. The van der Waals surface area contributed by atoms with Crippen molar-refractivity contribution in [2.24, 2.45) is 11.8 Å². The van der Waals surface area contributed by atoms with Gasteiger partial charge in [0.1, 0.15) is 0 Å². The molecule has 4 heteroatoms. The van der Waals surface area contributed by atoms with Crippen LogP contribution in [0.15, 0.2) is 0 Å². The highest BCUT2D eigenvalue weighted by atomic mass is 16.3. The third-order valence-electron chi connectivity index (χ3n) is 5.47. The average Bonchev–Trinajstić information content (AvgIpc) is 2.47. The molecule has 2 rings (SSSR count). The number of hydrogen-bond acceptors (Lipinski definition) is 3. The lowest BCUT2D eigenvalue weighted by atomic mass is 9.89. The lowest BCUT2D eigenvalue weighted by Crippen LogP contribution is -2.52. The van der Waals surface area contributed by atoms with Crippen molar-refractivity contribution < 1.29 is 9.90 Å². The fourth-order valence-electron chi connectivity index (χ4n) is 4.38. The molecule has 23 heavy (non-hydrogen) atoms. The van der Waals surface area contributed by atoms with E-state index >= 15 is 0 Å². The van der Waals surface area contributed by atoms with Gasteiger partial charge in [-0.05, 0) is 43.9 Å². The zero-order chi connectivity index (χ0) is 16.8. The normalized spacial score (nSPS) is 28.7. The lowest BCUT2D eigenvalue weighted by Gasteiger charge is -2.41. The van der Waals surface area contributed by atoms with Crippen LogP contribution in [-0.2, 0) is 4.79 Å². The van der Waals surface area contributed by atoms with Crippen LogP contribution >= 0.6 is 0 Å². The molecule has 4 nitrogen and oxygen atoms in total. The number of amides is 1. The molecular formula is C19H36N2O2. The Bertz CT molecular complexity index is 364. The van der Waals surface area contributed by atoms with Crippen LogP contribution in [0.5, 0.6) is 0 Å². The quantitative estimate of drug-likeness (QED) is 0.790. The maximum Gasteiger partial charge on any atom is 0.220 e. The Kier molecular flexibility index (Phi) is 7.35. The Labute approximate surface area is 142 Å². The molecule has 1 aliphatic heterocycles. The van der Waals surface area contributed by atoms with E-state index in [4.69, 9.17) is 0 Å². The van der Waals surface area contributed by atoms with Crippen molar-refractivity contribution in [2.45, 2.75) is 90.3 Å². The molecule has 0 spiro atoms. The zero-order valence-corrected chi connectivity index (χ0v) is 15.3. The van der Waals surface area contributed by atoms with Gasteiger partial charge in [-0.15, -0.1) is 0 Å². The molecule has 0 aromatic rings. The fraction of sp³-hybridized carbons (Fsp3) is 0.947. The van der Waals surface area contributed by atoms with Crippen molar-refractivity contribution in [3.63, 3.8) is 0 Å². The topological polar surface area (TPSA) is 52.6 Å². The second kappa shape index (κ2) is 9.03. The first kappa shape index (κ1) is 18.7. The van der Waals surface area contributed by atoms with Gasteiger partial charge >= 0.3 is 0 Å². The molecule has 1 aliphatic carbocycles. The fourth-order valence-corrected chi connectivity index (χ4v) is 4.38. The number of piperidine rings is 1. The average molecular weight is 325 g/mol. The number of carbonyl (C=O) groups excluding carboxylic acids is 1. The molecule has 134 valence electrons. The van der Waals surface area contributed by atoms with Gasteiger partial charge < -0.3 is 10.4 Å². The number of aliphatic hydroxyl groups excluding tert-OH is 1. The van der Waals surface area contributed by atoms with E-state index in [1.165, 1.54) is 12.8 Å². The van der Waals surface area contributed by atoms with E-state index in [1.807, 2.05) is 0 Å². The molecule has 1 amide bonds. The summed E-state index contributed by atoms with van der Waals surface area (Å²) in [5, 5.41) is 13.4. The molecule has 2 N–H and O–H groups in total. The van der Waals surface area contributed by atoms with Crippen LogP contribution in [0.1, 0.15) is 72.1 Å². The van der Waals surface area contributed by atoms with Crippen molar-refractivity contribution >= 4 is 5.91 Å². The van der Waals surface area contributed by atoms with Gasteiger partial charge in [-0.2, -0.15) is 0 Å². The minimum atomic E-state index is -0.147. The van der Waals surface area contributed by atoms with Gasteiger partial charge in [-0.1, -0.05) is 33.6 Å². The predicted molar refractivity (Wildman–Crippen MR) is 94.2 cm³/mol. The minimum Gasteiger partial charge on any atom is -0.391 e. The highest BCUT2D eigenvalue weighted by Crippen LogP contribution is 2.26. The molecule has 1 heterocycles. The van der Waals surface area contributed by atoms with Crippen molar-refractivity contribution in [1.29, 1.82) is 0 Å². The van der Waals surface area contributed by atoms with Crippen molar-refractivity contribution in [1.82, 2.24) is 10.2 Å². The molecule has 1 saturated heterocycles. The van der Waals surface area contributed by atoms with Crippen LogP contribution < -0.4 is 5.32 Å². The van der Waals surface area contributed by atoms with Gasteiger partial charge in [0, 0.05) is 31.6 Å². The number of nitrogens with one attached hydrogen (secondary N) is 1. The van der Waals surface area contributed by atoms with E-state index in [-0.39, 0.29) is 12.0 Å². The van der Waals surface area contributed by atoms with Gasteiger partial charge in [-0.25, -0.2) is 0 Å². The van der Waals surface area contributed by atoms with Gasteiger partial charge in [0.05, 0.1) is 6.10 Å². The van der Waals surface area contributed by atoms with Crippen molar-refractivity contribution in [3.05, 3.63) is 0 Å². The first-order chi connectivity index (χ1) is 11.0. The Morgan fingerprint density at radius 2 is 1.78 bits per heavy atom. The van der Waals surface area contributed by atoms with Gasteiger partial charge in [0.15, 0.2) is 0 Å². The molecule has 0 aromatic carbocycles. The molecule has 3 atom stereocenters. The summed E-state index contributed by atoms with van der Waals surface area (Å²) in [5.41, 5.74) is 0. The maximum absolute atomic E-state index is 12.2. The summed E-state index contributed by atoms with van der Waals surface area (Å²) in [6.07, 6.45) is 8.16. The number of likely N-dealkylation sites (tertiary alicyclic amines) is 1. The van der Waals surface area contributed by atoms with E-state index in [0.29, 0.717) is 30.3 Å². The van der Waals surface area contributed by atoms with Gasteiger partial charge in [0.2, 0.25) is 5.91 Å². The Hall–Kier alpha value is -0.610. The largest absolute Gasteiger partial charge is 0.391 e. The highest BCUT2D eigenvalue weighted by molar-refractivity contribution is 5.76. The summed E-state index contributed by atoms with van der Waals surface area (Å²) in [6, 6.07) is 0.678. The summed E-state index contributed by atoms with van der Waals surface area (Å²) in [7, 11) is 0. The Balaban J connectivity index is 1.69. The van der Waals surface area contributed by atoms with Crippen LogP contribution in [0, 0.1) is 11.8 Å². The summed E-state index contributed by atoms with van der Waals surface area (Å²) in [4.78, 5) is 14.6.